The molecule has 0 spiro atoms. The summed E-state index contributed by atoms with van der Waals surface area (Å²) < 4.78 is 20.3. The number of rotatable bonds is 2. The van der Waals surface area contributed by atoms with Gasteiger partial charge in [0.05, 0.1) is 0 Å². The fourth-order valence-corrected chi connectivity index (χ4v) is 1.24. The van der Waals surface area contributed by atoms with Gasteiger partial charge >= 0.3 is 0 Å². The van der Waals surface area contributed by atoms with Crippen LogP contribution < -0.4 is 0 Å². The molecule has 0 radical (unpaired) electrons. The second-order valence-corrected chi connectivity index (χ2v) is 3.55. The first kappa shape index (κ1) is 9.29. The van der Waals surface area contributed by atoms with E-state index in [-0.39, 0.29) is 0 Å². The molecule has 4 heteroatoms. The van der Waals surface area contributed by atoms with Crippen molar-refractivity contribution in [3.63, 3.8) is 0 Å². The molecule has 0 fully saturated rings. The van der Waals surface area contributed by atoms with Crippen molar-refractivity contribution in [1.82, 2.24) is 0 Å². The lowest BCUT2D eigenvalue weighted by atomic mass is 10.2. The molecule has 0 atom stereocenters. The van der Waals surface area contributed by atoms with Crippen LogP contribution in [0.5, 0.6) is 0 Å². The van der Waals surface area contributed by atoms with Crippen molar-refractivity contribution in [2.75, 3.05) is 0 Å². The summed E-state index contributed by atoms with van der Waals surface area (Å²) in [6.45, 7) is 0. The van der Waals surface area contributed by atoms with E-state index in [0.29, 0.717) is 11.4 Å². The van der Waals surface area contributed by atoms with Gasteiger partial charge in [0.2, 0.25) is 10.3 Å². The van der Waals surface area contributed by atoms with Crippen LogP contribution in [0.2, 0.25) is 5.02 Å². The second kappa shape index (κ2) is 4.28. The van der Waals surface area contributed by atoms with Gasteiger partial charge in [-0.3, -0.25) is 0 Å². The Bertz CT molecular complexity index is 370. The molecule has 1 aromatic rings. The van der Waals surface area contributed by atoms with Crippen LogP contribution in [0.15, 0.2) is 24.3 Å². The molecule has 0 aliphatic carbocycles. The van der Waals surface area contributed by atoms with E-state index in [1.807, 2.05) is 0 Å². The van der Waals surface area contributed by atoms with Crippen molar-refractivity contribution in [2.24, 2.45) is 0 Å². The highest BCUT2D eigenvalue weighted by Crippen LogP contribution is 2.08. The largest absolute Gasteiger partial charge is 0.210 e. The summed E-state index contributed by atoms with van der Waals surface area (Å²) >= 11 is 5.64. The number of benzene rings is 1. The van der Waals surface area contributed by atoms with Crippen LogP contribution in [-0.2, 0) is 16.7 Å². The standard InChI is InChI=1S/C8H7ClO2S/c9-8-3-1-7(2-4-8)5-6-12(10)11/h1-4,6H,5H2. The Kier molecular flexibility index (Phi) is 3.31. The van der Waals surface area contributed by atoms with Crippen LogP contribution in [0, 0.1) is 0 Å². The molecule has 1 aromatic carbocycles. The maximum atomic E-state index is 10.2. The first-order chi connectivity index (χ1) is 5.68. The molecule has 0 aliphatic rings. The number of hydrogen-bond donors (Lipinski definition) is 0. The van der Waals surface area contributed by atoms with E-state index in [4.69, 9.17) is 11.6 Å². The fraction of sp³-hybridized carbons (Fsp3) is 0.125. The van der Waals surface area contributed by atoms with Crippen LogP contribution in [0.3, 0.4) is 0 Å². The van der Waals surface area contributed by atoms with Crippen LogP contribution in [0.4, 0.5) is 0 Å². The van der Waals surface area contributed by atoms with E-state index in [9.17, 15) is 8.42 Å². The van der Waals surface area contributed by atoms with Gasteiger partial charge in [-0.15, -0.1) is 0 Å². The molecule has 0 bridgehead atoms. The summed E-state index contributed by atoms with van der Waals surface area (Å²) in [7, 11) is -2.08. The van der Waals surface area contributed by atoms with E-state index < -0.39 is 10.3 Å². The van der Waals surface area contributed by atoms with E-state index in [1.165, 1.54) is 5.37 Å². The summed E-state index contributed by atoms with van der Waals surface area (Å²) in [6, 6.07) is 7.06. The highest BCUT2D eigenvalue weighted by molar-refractivity contribution is 7.71. The zero-order chi connectivity index (χ0) is 8.97. The summed E-state index contributed by atoms with van der Waals surface area (Å²) in [4.78, 5) is 0. The fourth-order valence-electron chi connectivity index (χ4n) is 0.785. The maximum Gasteiger partial charge on any atom is 0.210 e. The molecule has 0 aromatic heterocycles. The Morgan fingerprint density at radius 2 is 1.83 bits per heavy atom. The minimum atomic E-state index is -2.08. The van der Waals surface area contributed by atoms with Gasteiger partial charge in [0, 0.05) is 16.8 Å². The van der Waals surface area contributed by atoms with E-state index >= 15 is 0 Å². The van der Waals surface area contributed by atoms with Gasteiger partial charge in [0.1, 0.15) is 0 Å². The van der Waals surface area contributed by atoms with E-state index in [0.717, 1.165) is 5.56 Å². The summed E-state index contributed by atoms with van der Waals surface area (Å²) in [5.41, 5.74) is 0.934. The lowest BCUT2D eigenvalue weighted by Crippen LogP contribution is -1.85. The third-order valence-corrected chi connectivity index (χ3v) is 2.06. The van der Waals surface area contributed by atoms with Gasteiger partial charge in [-0.25, -0.2) is 0 Å². The predicted molar refractivity (Wildman–Crippen MR) is 50.1 cm³/mol. The molecule has 64 valence electrons. The van der Waals surface area contributed by atoms with Gasteiger partial charge in [-0.05, 0) is 17.7 Å². The van der Waals surface area contributed by atoms with Gasteiger partial charge < -0.3 is 0 Å². The normalized spacial score (nSPS) is 9.42. The third kappa shape index (κ3) is 3.07. The smallest absolute Gasteiger partial charge is 0.185 e. The highest BCUT2D eigenvalue weighted by atomic mass is 35.5. The zero-order valence-electron chi connectivity index (χ0n) is 6.20. The highest BCUT2D eigenvalue weighted by Gasteiger charge is 1.89. The third-order valence-electron chi connectivity index (χ3n) is 1.37. The van der Waals surface area contributed by atoms with Crippen molar-refractivity contribution in [3.8, 4) is 0 Å². The van der Waals surface area contributed by atoms with Crippen molar-refractivity contribution in [1.29, 1.82) is 0 Å². The van der Waals surface area contributed by atoms with Crippen LogP contribution in [-0.4, -0.2) is 13.8 Å². The maximum absolute atomic E-state index is 10.2. The summed E-state index contributed by atoms with van der Waals surface area (Å²) in [5.74, 6) is 0. The average molecular weight is 203 g/mol. The summed E-state index contributed by atoms with van der Waals surface area (Å²) in [6.07, 6.45) is 0.424. The molecule has 0 saturated carbocycles. The number of hydrogen-bond acceptors (Lipinski definition) is 2. The molecule has 0 saturated heterocycles. The zero-order valence-corrected chi connectivity index (χ0v) is 7.77. The molecule has 12 heavy (non-hydrogen) atoms. The molecule has 0 heterocycles. The predicted octanol–water partition coefficient (Wildman–Crippen LogP) is 1.56. The monoisotopic (exact) mass is 202 g/mol. The van der Waals surface area contributed by atoms with Crippen molar-refractivity contribution < 1.29 is 8.42 Å². The van der Waals surface area contributed by atoms with E-state index in [2.05, 4.69) is 0 Å². The van der Waals surface area contributed by atoms with E-state index in [1.54, 1.807) is 24.3 Å². The Balaban J connectivity index is 2.78. The second-order valence-electron chi connectivity index (χ2n) is 2.26. The minimum absolute atomic E-state index is 0.424. The lowest BCUT2D eigenvalue weighted by Gasteiger charge is -1.93. The minimum Gasteiger partial charge on any atom is -0.185 e. The van der Waals surface area contributed by atoms with Crippen molar-refractivity contribution in [3.05, 3.63) is 34.9 Å². The Labute approximate surface area is 77.3 Å². The Hall–Kier alpha value is -0.800. The van der Waals surface area contributed by atoms with Crippen LogP contribution in [0.25, 0.3) is 0 Å². The molecule has 0 amide bonds. The molecule has 0 unspecified atom stereocenters. The lowest BCUT2D eigenvalue weighted by molar-refractivity contribution is 0.627. The first-order valence-corrected chi connectivity index (χ1v) is 4.86. The summed E-state index contributed by atoms with van der Waals surface area (Å²) in [5, 5.41) is 1.87. The molecule has 0 aliphatic heterocycles. The van der Waals surface area contributed by atoms with Crippen LogP contribution in [0.1, 0.15) is 5.56 Å². The average Bonchev–Trinajstić information content (AvgIpc) is 2.03. The molecule has 2 nitrogen and oxygen atoms in total. The van der Waals surface area contributed by atoms with Crippen LogP contribution >= 0.6 is 11.6 Å². The van der Waals surface area contributed by atoms with Gasteiger partial charge in [0.15, 0.2) is 0 Å². The quantitative estimate of drug-likeness (QED) is 0.683. The Morgan fingerprint density at radius 3 is 2.33 bits per heavy atom. The topological polar surface area (TPSA) is 34.1 Å². The Morgan fingerprint density at radius 1 is 1.25 bits per heavy atom. The first-order valence-electron chi connectivity index (χ1n) is 3.34. The molecule has 0 N–H and O–H groups in total. The van der Waals surface area contributed by atoms with Gasteiger partial charge in [0.25, 0.3) is 0 Å². The van der Waals surface area contributed by atoms with Crippen molar-refractivity contribution >= 4 is 27.3 Å². The molecular formula is C8H7ClO2S. The SMILES string of the molecule is O=S(=O)=CCc1ccc(Cl)cc1. The number of halogens is 1. The molecule has 1 rings (SSSR count). The molecular weight excluding hydrogens is 196 g/mol. The van der Waals surface area contributed by atoms with Gasteiger partial charge in [-0.1, -0.05) is 23.7 Å². The van der Waals surface area contributed by atoms with Gasteiger partial charge in [-0.2, -0.15) is 8.42 Å². The van der Waals surface area contributed by atoms with Crippen molar-refractivity contribution in [2.45, 2.75) is 6.42 Å².